The van der Waals surface area contributed by atoms with E-state index in [1.165, 1.54) is 6.92 Å². The van der Waals surface area contributed by atoms with Gasteiger partial charge in [0.1, 0.15) is 18.1 Å². The van der Waals surface area contributed by atoms with Gasteiger partial charge in [-0.3, -0.25) is 23.7 Å². The van der Waals surface area contributed by atoms with E-state index < -0.39 is 72.2 Å². The molecule has 1 heterocycles. The van der Waals surface area contributed by atoms with Gasteiger partial charge in [-0.25, -0.2) is 9.55 Å². The lowest BCUT2D eigenvalue weighted by molar-refractivity contribution is -0.136. The minimum atomic E-state index is -5.01. The van der Waals surface area contributed by atoms with Gasteiger partial charge in [-0.1, -0.05) is 51.1 Å². The molecule has 0 spiro atoms. The highest BCUT2D eigenvalue weighted by molar-refractivity contribution is 7.46. The number of hydrogen-bond donors (Lipinski definition) is 6. The first kappa shape index (κ1) is 42.5. The summed E-state index contributed by atoms with van der Waals surface area (Å²) in [6.45, 7) is 18.3. The van der Waals surface area contributed by atoms with E-state index >= 15 is 0 Å². The van der Waals surface area contributed by atoms with Crippen molar-refractivity contribution in [3.63, 3.8) is 0 Å². The highest BCUT2D eigenvalue weighted by atomic mass is 31.2. The van der Waals surface area contributed by atoms with Crippen LogP contribution in [-0.4, -0.2) is 79.4 Å². The van der Waals surface area contributed by atoms with Crippen molar-refractivity contribution in [3.05, 3.63) is 54.1 Å². The van der Waals surface area contributed by atoms with Crippen LogP contribution in [0.4, 0.5) is 0 Å². The summed E-state index contributed by atoms with van der Waals surface area (Å²) in [5.74, 6) is -3.07. The quantitative estimate of drug-likeness (QED) is 0.123. The summed E-state index contributed by atoms with van der Waals surface area (Å²) < 4.78 is 23.6. The second-order valence-corrected chi connectivity index (χ2v) is 16.0. The summed E-state index contributed by atoms with van der Waals surface area (Å²) in [6, 6.07) is 5.91. The zero-order chi connectivity index (χ0) is 38.2. The average Bonchev–Trinajstić information content (AvgIpc) is 3.46. The zero-order valence-electron chi connectivity index (χ0n) is 30.7. The van der Waals surface area contributed by atoms with E-state index in [9.17, 15) is 23.7 Å². The van der Waals surface area contributed by atoms with Crippen LogP contribution in [0.5, 0.6) is 0 Å². The third-order valence-electron chi connectivity index (χ3n) is 8.74. The normalized spacial score (nSPS) is 15.7. The number of primary amides is 1. The van der Waals surface area contributed by atoms with Crippen molar-refractivity contribution < 1.29 is 42.8 Å². The smallest absolute Gasteiger partial charge is 0.376 e. The number of hydrogen-bond acceptors (Lipinski definition) is 8. The van der Waals surface area contributed by atoms with Crippen LogP contribution >= 0.6 is 7.82 Å². The van der Waals surface area contributed by atoms with Crippen molar-refractivity contribution >= 4 is 31.5 Å². The van der Waals surface area contributed by atoms with Crippen LogP contribution in [0.15, 0.2) is 42.9 Å². The van der Waals surface area contributed by atoms with Crippen LogP contribution in [0, 0.1) is 5.41 Å². The van der Waals surface area contributed by atoms with Gasteiger partial charge < -0.3 is 40.8 Å². The fraction of sp³-hybridized carbons (Fsp3) is 0.618. The molecule has 50 heavy (non-hydrogen) atoms. The summed E-state index contributed by atoms with van der Waals surface area (Å²) in [7, 11) is -5.01. The lowest BCUT2D eigenvalue weighted by Crippen LogP contribution is -2.58. The van der Waals surface area contributed by atoms with E-state index in [4.69, 9.17) is 20.3 Å². The molecule has 5 atom stereocenters. The van der Waals surface area contributed by atoms with Gasteiger partial charge in [0.15, 0.2) is 0 Å². The number of imidazole rings is 1. The van der Waals surface area contributed by atoms with E-state index in [2.05, 4.69) is 46.2 Å². The number of nitrogens with zero attached hydrogens (tertiary/aromatic N) is 2. The number of aromatic nitrogens is 2. The fourth-order valence-corrected chi connectivity index (χ4v) is 5.76. The van der Waals surface area contributed by atoms with Crippen LogP contribution in [0.25, 0.3) is 0 Å². The first-order valence-corrected chi connectivity index (χ1v) is 18.0. The second-order valence-electron chi connectivity index (χ2n) is 14.8. The van der Waals surface area contributed by atoms with Gasteiger partial charge in [-0.2, -0.15) is 0 Å². The standard InChI is InChI=1S/C34H55N6O9P/c1-21(24-14-12-11-13-15-24)34(9,10)40-20-36-19-25(40)18-26(38-31(44)33(7,8)16-17-48-32(4,5)6)30(43)37-22(2)29(42)39-27(28(35)41)23(3)49-50(45,46)47/h11-15,19-23,26-27H,16-18H2,1-10H3,(H2,35,41)(H,37,43)(H,38,44)(H,39,42)(H2,45,46,47). The Bertz CT molecular complexity index is 1520. The van der Waals surface area contributed by atoms with E-state index in [0.29, 0.717) is 18.7 Å². The summed E-state index contributed by atoms with van der Waals surface area (Å²) in [5, 5.41) is 7.73. The van der Waals surface area contributed by atoms with Crippen molar-refractivity contribution in [3.8, 4) is 0 Å². The summed E-state index contributed by atoms with van der Waals surface area (Å²) >= 11 is 0. The van der Waals surface area contributed by atoms with Crippen LogP contribution in [0.3, 0.4) is 0 Å². The van der Waals surface area contributed by atoms with E-state index in [1.807, 2.05) is 55.7 Å². The third kappa shape index (κ3) is 12.6. The zero-order valence-corrected chi connectivity index (χ0v) is 31.6. The second kappa shape index (κ2) is 17.1. The number of carbonyl (C=O) groups excluding carboxylic acids is 4. The number of phosphoric ester groups is 1. The molecule has 0 radical (unpaired) electrons. The Morgan fingerprint density at radius 2 is 1.54 bits per heavy atom. The van der Waals surface area contributed by atoms with Gasteiger partial charge in [-0.05, 0) is 60.5 Å². The minimum absolute atomic E-state index is 0.0164. The molecule has 7 N–H and O–H groups in total. The predicted octanol–water partition coefficient (Wildman–Crippen LogP) is 2.65. The number of ether oxygens (including phenoxy) is 1. The monoisotopic (exact) mass is 722 g/mol. The highest BCUT2D eigenvalue weighted by Gasteiger charge is 2.37. The molecule has 0 bridgehead atoms. The maximum absolute atomic E-state index is 13.9. The summed E-state index contributed by atoms with van der Waals surface area (Å²) in [4.78, 5) is 75.3. The van der Waals surface area contributed by atoms with E-state index in [1.54, 1.807) is 26.4 Å². The van der Waals surface area contributed by atoms with Gasteiger partial charge >= 0.3 is 7.82 Å². The molecule has 0 aliphatic carbocycles. The Balaban J connectivity index is 2.37. The van der Waals surface area contributed by atoms with Gasteiger partial charge in [0.25, 0.3) is 0 Å². The molecule has 5 unspecified atom stereocenters. The van der Waals surface area contributed by atoms with Crippen molar-refractivity contribution in [1.29, 1.82) is 0 Å². The number of benzene rings is 1. The molecule has 0 saturated heterocycles. The molecule has 16 heteroatoms. The van der Waals surface area contributed by atoms with Gasteiger partial charge in [0.05, 0.1) is 18.0 Å². The van der Waals surface area contributed by atoms with Crippen molar-refractivity contribution in [1.82, 2.24) is 25.5 Å². The van der Waals surface area contributed by atoms with Crippen molar-refractivity contribution in [2.24, 2.45) is 11.1 Å². The van der Waals surface area contributed by atoms with Gasteiger partial charge in [-0.15, -0.1) is 0 Å². The Kier molecular flexibility index (Phi) is 14.5. The Morgan fingerprint density at radius 3 is 2.08 bits per heavy atom. The molecule has 1 aromatic carbocycles. The van der Waals surface area contributed by atoms with Gasteiger partial charge in [0, 0.05) is 41.8 Å². The number of phosphoric acid groups is 1. The van der Waals surface area contributed by atoms with Gasteiger partial charge in [0.2, 0.25) is 23.6 Å². The number of rotatable bonds is 18. The molecule has 0 saturated carbocycles. The van der Waals surface area contributed by atoms with Crippen LogP contribution in [0.1, 0.15) is 92.8 Å². The van der Waals surface area contributed by atoms with Crippen LogP contribution in [-0.2, 0) is 45.0 Å². The van der Waals surface area contributed by atoms with Crippen LogP contribution < -0.4 is 21.7 Å². The molecule has 15 nitrogen and oxygen atoms in total. The number of nitrogens with two attached hydrogens (primary N) is 1. The maximum atomic E-state index is 13.9. The molecule has 0 fully saturated rings. The molecular weight excluding hydrogens is 667 g/mol. The SMILES string of the molecule is CC(NC(=O)C(Cc1cncn1C(C)(C)C(C)c1ccccc1)NC(=O)C(C)(C)CCOC(C)(C)C)C(=O)NC(C(N)=O)C(C)OP(=O)(O)O. The number of amides is 4. The number of carbonyl (C=O) groups is 4. The lowest BCUT2D eigenvalue weighted by Gasteiger charge is -2.36. The average molecular weight is 723 g/mol. The van der Waals surface area contributed by atoms with E-state index in [-0.39, 0.29) is 12.3 Å². The molecule has 280 valence electrons. The number of nitrogens with one attached hydrogen (secondary N) is 3. The van der Waals surface area contributed by atoms with Crippen molar-refractivity contribution in [2.45, 2.75) is 123 Å². The first-order valence-electron chi connectivity index (χ1n) is 16.5. The summed E-state index contributed by atoms with van der Waals surface area (Å²) in [5.41, 5.74) is 5.27. The molecular formula is C34H55N6O9P. The molecule has 0 aliphatic rings. The topological polar surface area (TPSA) is 224 Å². The molecule has 2 aromatic rings. The van der Waals surface area contributed by atoms with Crippen LogP contribution in [0.2, 0.25) is 0 Å². The minimum Gasteiger partial charge on any atom is -0.376 e. The Morgan fingerprint density at radius 1 is 0.940 bits per heavy atom. The molecule has 1 aromatic heterocycles. The molecule has 4 amide bonds. The lowest BCUT2D eigenvalue weighted by atomic mass is 9.83. The summed E-state index contributed by atoms with van der Waals surface area (Å²) in [6.07, 6.45) is 2.21. The highest BCUT2D eigenvalue weighted by Crippen LogP contribution is 2.38. The Labute approximate surface area is 294 Å². The molecule has 0 aliphatic heterocycles. The maximum Gasteiger partial charge on any atom is 0.469 e. The van der Waals surface area contributed by atoms with Crippen molar-refractivity contribution in [2.75, 3.05) is 6.61 Å². The predicted molar refractivity (Wildman–Crippen MR) is 187 cm³/mol. The largest absolute Gasteiger partial charge is 0.469 e. The fourth-order valence-electron chi connectivity index (χ4n) is 5.20. The Hall–Kier alpha value is -3.62. The van der Waals surface area contributed by atoms with E-state index in [0.717, 1.165) is 12.5 Å². The first-order chi connectivity index (χ1) is 22.9. The molecule has 2 rings (SSSR count). The third-order valence-corrected chi connectivity index (χ3v) is 9.34.